The van der Waals surface area contributed by atoms with Gasteiger partial charge in [0.25, 0.3) is 5.56 Å². The summed E-state index contributed by atoms with van der Waals surface area (Å²) in [7, 11) is 0. The van der Waals surface area contributed by atoms with Crippen LogP contribution < -0.4 is 10.9 Å². The van der Waals surface area contributed by atoms with Crippen molar-refractivity contribution in [2.75, 3.05) is 5.32 Å². The zero-order valence-electron chi connectivity index (χ0n) is 12.8. The van der Waals surface area contributed by atoms with E-state index in [1.165, 1.54) is 10.9 Å². The number of aromatic nitrogens is 5. The van der Waals surface area contributed by atoms with Crippen molar-refractivity contribution in [1.82, 2.24) is 24.7 Å². The Morgan fingerprint density at radius 2 is 2.13 bits per heavy atom. The summed E-state index contributed by atoms with van der Waals surface area (Å²) < 4.78 is 1.26. The van der Waals surface area contributed by atoms with E-state index < -0.39 is 5.91 Å². The highest BCUT2D eigenvalue weighted by Gasteiger charge is 2.11. The molecular formula is C15H16N6O2. The average molecular weight is 312 g/mol. The van der Waals surface area contributed by atoms with E-state index in [-0.39, 0.29) is 24.0 Å². The first kappa shape index (κ1) is 14.9. The summed E-state index contributed by atoms with van der Waals surface area (Å²) >= 11 is 0. The normalized spacial score (nSPS) is 11.1. The number of hydrogen-bond donors (Lipinski definition) is 2. The molecule has 0 aliphatic carbocycles. The topological polar surface area (TPSA) is 106 Å². The molecular weight excluding hydrogens is 296 g/mol. The maximum absolute atomic E-state index is 12.3. The lowest BCUT2D eigenvalue weighted by atomic mass is 10.2. The van der Waals surface area contributed by atoms with Crippen LogP contribution in [0.4, 0.5) is 5.95 Å². The maximum Gasteiger partial charge on any atom is 0.261 e. The summed E-state index contributed by atoms with van der Waals surface area (Å²) in [5, 5.41) is 9.71. The number of H-pyrrole nitrogens is 1. The third-order valence-corrected chi connectivity index (χ3v) is 3.35. The standard InChI is InChI=1S/C15H16N6O2/c1-9(2)13-18-15(20-19-13)17-12(22)7-21-8-16-11-6-4-3-5-10(11)14(21)23/h3-6,8-9H,7H2,1-2H3,(H2,17,18,19,20,22). The lowest BCUT2D eigenvalue weighted by molar-refractivity contribution is -0.116. The molecule has 0 aliphatic heterocycles. The molecule has 0 unspecified atom stereocenters. The first-order valence-electron chi connectivity index (χ1n) is 7.21. The quantitative estimate of drug-likeness (QED) is 0.755. The molecule has 8 nitrogen and oxygen atoms in total. The van der Waals surface area contributed by atoms with Gasteiger partial charge in [-0.25, -0.2) is 4.98 Å². The Bertz CT molecular complexity index is 911. The second-order valence-corrected chi connectivity index (χ2v) is 5.44. The fourth-order valence-corrected chi connectivity index (χ4v) is 2.13. The molecule has 118 valence electrons. The zero-order valence-corrected chi connectivity index (χ0v) is 12.8. The van der Waals surface area contributed by atoms with Gasteiger partial charge in [0.15, 0.2) is 0 Å². The predicted molar refractivity (Wildman–Crippen MR) is 85.1 cm³/mol. The van der Waals surface area contributed by atoms with Crippen molar-refractivity contribution in [3.05, 3.63) is 46.8 Å². The third kappa shape index (κ3) is 3.10. The lowest BCUT2D eigenvalue weighted by Crippen LogP contribution is -2.28. The van der Waals surface area contributed by atoms with Gasteiger partial charge >= 0.3 is 0 Å². The Kier molecular flexibility index (Phi) is 3.88. The van der Waals surface area contributed by atoms with Gasteiger partial charge in [-0.2, -0.15) is 4.98 Å². The van der Waals surface area contributed by atoms with E-state index in [0.717, 1.165) is 0 Å². The largest absolute Gasteiger partial charge is 0.292 e. The summed E-state index contributed by atoms with van der Waals surface area (Å²) in [6.45, 7) is 3.78. The van der Waals surface area contributed by atoms with E-state index in [2.05, 4.69) is 25.5 Å². The second kappa shape index (κ2) is 5.99. The van der Waals surface area contributed by atoms with Gasteiger partial charge in [0.2, 0.25) is 11.9 Å². The number of nitrogens with one attached hydrogen (secondary N) is 2. The van der Waals surface area contributed by atoms with Crippen LogP contribution in [0.15, 0.2) is 35.4 Å². The van der Waals surface area contributed by atoms with Gasteiger partial charge in [-0.05, 0) is 12.1 Å². The van der Waals surface area contributed by atoms with Crippen LogP contribution in [0, 0.1) is 0 Å². The average Bonchev–Trinajstić information content (AvgIpc) is 2.99. The van der Waals surface area contributed by atoms with Crippen molar-refractivity contribution in [3.8, 4) is 0 Å². The molecule has 3 aromatic rings. The molecule has 1 amide bonds. The number of nitrogens with zero attached hydrogens (tertiary/aromatic N) is 4. The summed E-state index contributed by atoms with van der Waals surface area (Å²) in [6.07, 6.45) is 1.36. The van der Waals surface area contributed by atoms with Crippen molar-refractivity contribution in [3.63, 3.8) is 0 Å². The number of para-hydroxylation sites is 1. The number of benzene rings is 1. The summed E-state index contributed by atoms with van der Waals surface area (Å²) in [5.74, 6) is 0.671. The first-order chi connectivity index (χ1) is 11.0. The molecule has 0 saturated carbocycles. The van der Waals surface area contributed by atoms with Crippen LogP contribution >= 0.6 is 0 Å². The second-order valence-electron chi connectivity index (χ2n) is 5.44. The number of anilines is 1. The van der Waals surface area contributed by atoms with Crippen LogP contribution in [0.3, 0.4) is 0 Å². The van der Waals surface area contributed by atoms with Gasteiger partial charge in [0, 0.05) is 5.92 Å². The first-order valence-corrected chi connectivity index (χ1v) is 7.21. The number of carbonyl (C=O) groups is 1. The van der Waals surface area contributed by atoms with Gasteiger partial charge in [-0.15, -0.1) is 5.10 Å². The smallest absolute Gasteiger partial charge is 0.261 e. The van der Waals surface area contributed by atoms with Crippen LogP contribution in [0.5, 0.6) is 0 Å². The Hall–Kier alpha value is -3.03. The third-order valence-electron chi connectivity index (χ3n) is 3.35. The van der Waals surface area contributed by atoms with E-state index in [1.807, 2.05) is 13.8 Å². The summed E-state index contributed by atoms with van der Waals surface area (Å²) in [6, 6.07) is 7.00. The van der Waals surface area contributed by atoms with Crippen LogP contribution in [0.25, 0.3) is 10.9 Å². The van der Waals surface area contributed by atoms with Crippen molar-refractivity contribution >= 4 is 22.8 Å². The Morgan fingerprint density at radius 1 is 1.35 bits per heavy atom. The van der Waals surface area contributed by atoms with Crippen LogP contribution in [0.2, 0.25) is 0 Å². The molecule has 0 radical (unpaired) electrons. The molecule has 8 heteroatoms. The number of hydrogen-bond acceptors (Lipinski definition) is 5. The van der Waals surface area contributed by atoms with E-state index in [9.17, 15) is 9.59 Å². The molecule has 0 bridgehead atoms. The Morgan fingerprint density at radius 3 is 2.87 bits per heavy atom. The van der Waals surface area contributed by atoms with E-state index in [0.29, 0.717) is 16.7 Å². The SMILES string of the molecule is CC(C)c1nc(NC(=O)Cn2cnc3ccccc3c2=O)n[nH]1. The molecule has 0 atom stereocenters. The zero-order chi connectivity index (χ0) is 16.4. The molecule has 0 aliphatic rings. The van der Waals surface area contributed by atoms with Gasteiger partial charge < -0.3 is 0 Å². The molecule has 2 aromatic heterocycles. The fraction of sp³-hybridized carbons (Fsp3) is 0.267. The van der Waals surface area contributed by atoms with Crippen LogP contribution in [0.1, 0.15) is 25.6 Å². The summed E-state index contributed by atoms with van der Waals surface area (Å²) in [5.41, 5.74) is 0.341. The molecule has 3 rings (SSSR count). The van der Waals surface area contributed by atoms with Gasteiger partial charge in [0.1, 0.15) is 12.4 Å². The number of aromatic amines is 1. The molecule has 2 N–H and O–H groups in total. The molecule has 1 aromatic carbocycles. The van der Waals surface area contributed by atoms with Crippen molar-refractivity contribution in [2.24, 2.45) is 0 Å². The highest BCUT2D eigenvalue weighted by molar-refractivity contribution is 5.89. The van der Waals surface area contributed by atoms with Gasteiger partial charge in [-0.3, -0.25) is 24.6 Å². The lowest BCUT2D eigenvalue weighted by Gasteiger charge is -2.05. The van der Waals surface area contributed by atoms with E-state index in [4.69, 9.17) is 0 Å². The molecule has 23 heavy (non-hydrogen) atoms. The van der Waals surface area contributed by atoms with Crippen molar-refractivity contribution < 1.29 is 4.79 Å². The van der Waals surface area contributed by atoms with E-state index in [1.54, 1.807) is 24.3 Å². The predicted octanol–water partition coefficient (Wildman–Crippen LogP) is 1.28. The monoisotopic (exact) mass is 312 g/mol. The maximum atomic E-state index is 12.3. The van der Waals surface area contributed by atoms with E-state index >= 15 is 0 Å². The molecule has 0 fully saturated rings. The van der Waals surface area contributed by atoms with Crippen molar-refractivity contribution in [2.45, 2.75) is 26.3 Å². The molecule has 0 saturated heterocycles. The number of carbonyl (C=O) groups excluding carboxylic acids is 1. The highest BCUT2D eigenvalue weighted by atomic mass is 16.2. The Balaban J connectivity index is 1.77. The highest BCUT2D eigenvalue weighted by Crippen LogP contribution is 2.10. The number of fused-ring (bicyclic) bond motifs is 1. The molecule has 0 spiro atoms. The minimum atomic E-state index is -0.390. The number of amides is 1. The Labute approximate surface area is 131 Å². The van der Waals surface area contributed by atoms with Gasteiger partial charge in [0.05, 0.1) is 17.2 Å². The summed E-state index contributed by atoms with van der Waals surface area (Å²) in [4.78, 5) is 32.7. The minimum Gasteiger partial charge on any atom is -0.292 e. The van der Waals surface area contributed by atoms with Crippen LogP contribution in [-0.4, -0.2) is 30.6 Å². The van der Waals surface area contributed by atoms with Crippen LogP contribution in [-0.2, 0) is 11.3 Å². The minimum absolute atomic E-state index is 0.151. The van der Waals surface area contributed by atoms with Crippen molar-refractivity contribution in [1.29, 1.82) is 0 Å². The molecule has 2 heterocycles. The number of rotatable bonds is 4. The van der Waals surface area contributed by atoms with Gasteiger partial charge in [-0.1, -0.05) is 26.0 Å². The fourth-order valence-electron chi connectivity index (χ4n) is 2.13.